The number of hydrogen-bond acceptors (Lipinski definition) is 4. The van der Waals surface area contributed by atoms with Crippen molar-refractivity contribution in [3.8, 4) is 5.75 Å². The summed E-state index contributed by atoms with van der Waals surface area (Å²) in [6.45, 7) is 0.507. The van der Waals surface area contributed by atoms with Gasteiger partial charge in [0.1, 0.15) is 18.2 Å². The average molecular weight is 360 g/mol. The first kappa shape index (κ1) is 17.3. The van der Waals surface area contributed by atoms with E-state index in [0.29, 0.717) is 5.75 Å². The Kier molecular flexibility index (Phi) is 5.55. The Morgan fingerprint density at radius 1 is 1.24 bits per heavy atom. The number of rotatable bonds is 6. The zero-order valence-corrected chi connectivity index (χ0v) is 14.1. The van der Waals surface area contributed by atoms with Gasteiger partial charge in [0.15, 0.2) is 0 Å². The summed E-state index contributed by atoms with van der Waals surface area (Å²) in [5.74, 6) is -0.361. The molecule has 2 N–H and O–H groups in total. The van der Waals surface area contributed by atoms with Crippen molar-refractivity contribution in [2.45, 2.75) is 16.6 Å². The summed E-state index contributed by atoms with van der Waals surface area (Å²) in [5.41, 5.74) is 0.776. The number of carbonyl (C=O) groups is 2. The number of hydrogen-bond donors (Lipinski definition) is 2. The van der Waals surface area contributed by atoms with Gasteiger partial charge in [0.25, 0.3) is 0 Å². The number of fused-ring (bicyclic) bond motifs is 1. The van der Waals surface area contributed by atoms with Crippen LogP contribution in [0.25, 0.3) is 0 Å². The van der Waals surface area contributed by atoms with Crippen LogP contribution in [0.1, 0.15) is 6.42 Å². The SMILES string of the molecule is O=C(CC1Sc2ccccc2NC1=O)NCCOc1cccc(F)c1. The van der Waals surface area contributed by atoms with Crippen LogP contribution in [0.2, 0.25) is 0 Å². The van der Waals surface area contributed by atoms with E-state index >= 15 is 0 Å². The van der Waals surface area contributed by atoms with Gasteiger partial charge in [-0.25, -0.2) is 4.39 Å². The van der Waals surface area contributed by atoms with Crippen LogP contribution in [0.5, 0.6) is 5.75 Å². The van der Waals surface area contributed by atoms with Crippen molar-refractivity contribution in [1.29, 1.82) is 0 Å². The minimum Gasteiger partial charge on any atom is -0.492 e. The van der Waals surface area contributed by atoms with Crippen LogP contribution in [0.3, 0.4) is 0 Å². The van der Waals surface area contributed by atoms with Gasteiger partial charge in [0.2, 0.25) is 11.8 Å². The lowest BCUT2D eigenvalue weighted by Gasteiger charge is -2.23. The number of para-hydroxylation sites is 1. The molecule has 0 radical (unpaired) electrons. The second-order valence-electron chi connectivity index (χ2n) is 5.45. The Labute approximate surface area is 148 Å². The van der Waals surface area contributed by atoms with Gasteiger partial charge in [-0.2, -0.15) is 0 Å². The largest absolute Gasteiger partial charge is 0.492 e. The second kappa shape index (κ2) is 8.02. The molecule has 25 heavy (non-hydrogen) atoms. The third-order valence-corrected chi connectivity index (χ3v) is 4.84. The molecule has 0 spiro atoms. The summed E-state index contributed by atoms with van der Waals surface area (Å²) < 4.78 is 18.4. The maximum absolute atomic E-state index is 13.0. The van der Waals surface area contributed by atoms with Crippen LogP contribution >= 0.6 is 11.8 Å². The Morgan fingerprint density at radius 2 is 2.08 bits per heavy atom. The molecule has 1 unspecified atom stereocenters. The minimum atomic E-state index is -0.459. The predicted molar refractivity (Wildman–Crippen MR) is 94.2 cm³/mol. The first-order chi connectivity index (χ1) is 12.1. The van der Waals surface area contributed by atoms with E-state index in [2.05, 4.69) is 10.6 Å². The number of anilines is 1. The second-order valence-corrected chi connectivity index (χ2v) is 6.70. The standard InChI is InChI=1S/C18H17FN2O3S/c19-12-4-3-5-13(10-12)24-9-8-20-17(22)11-16-18(23)21-14-6-1-2-7-15(14)25-16/h1-7,10,16H,8-9,11H2,(H,20,22)(H,21,23). The molecule has 2 amide bonds. The van der Waals surface area contributed by atoms with Gasteiger partial charge in [-0.05, 0) is 24.3 Å². The van der Waals surface area contributed by atoms with Crippen LogP contribution < -0.4 is 15.4 Å². The van der Waals surface area contributed by atoms with Gasteiger partial charge in [-0.1, -0.05) is 18.2 Å². The van der Waals surface area contributed by atoms with Crippen molar-refractivity contribution in [2.75, 3.05) is 18.5 Å². The van der Waals surface area contributed by atoms with Crippen molar-refractivity contribution in [1.82, 2.24) is 5.32 Å². The highest BCUT2D eigenvalue weighted by Crippen LogP contribution is 2.36. The first-order valence-corrected chi connectivity index (χ1v) is 8.71. The summed E-state index contributed by atoms with van der Waals surface area (Å²) in [7, 11) is 0. The van der Waals surface area contributed by atoms with Gasteiger partial charge in [0, 0.05) is 17.4 Å². The summed E-state index contributed by atoms with van der Waals surface area (Å²) in [5, 5.41) is 5.06. The van der Waals surface area contributed by atoms with Crippen molar-refractivity contribution in [3.63, 3.8) is 0 Å². The number of carbonyl (C=O) groups excluding carboxylic acids is 2. The minimum absolute atomic E-state index is 0.0881. The molecule has 5 nitrogen and oxygen atoms in total. The molecule has 0 fully saturated rings. The van der Waals surface area contributed by atoms with E-state index in [9.17, 15) is 14.0 Å². The Balaban J connectivity index is 1.43. The molecule has 1 aliphatic heterocycles. The van der Waals surface area contributed by atoms with Crippen molar-refractivity contribution in [3.05, 3.63) is 54.3 Å². The number of ether oxygens (including phenoxy) is 1. The van der Waals surface area contributed by atoms with Crippen LogP contribution in [0.4, 0.5) is 10.1 Å². The Bertz CT molecular complexity index is 784. The summed E-state index contributed by atoms with van der Waals surface area (Å²) in [4.78, 5) is 25.0. The molecular weight excluding hydrogens is 343 g/mol. The van der Waals surface area contributed by atoms with E-state index in [-0.39, 0.29) is 37.2 Å². The highest BCUT2D eigenvalue weighted by molar-refractivity contribution is 8.01. The number of nitrogens with one attached hydrogen (secondary N) is 2. The molecule has 1 aliphatic rings. The van der Waals surface area contributed by atoms with Crippen LogP contribution in [0, 0.1) is 5.82 Å². The smallest absolute Gasteiger partial charge is 0.238 e. The summed E-state index contributed by atoms with van der Waals surface area (Å²) >= 11 is 1.39. The zero-order valence-electron chi connectivity index (χ0n) is 13.3. The molecule has 7 heteroatoms. The van der Waals surface area contributed by atoms with E-state index in [0.717, 1.165) is 10.6 Å². The van der Waals surface area contributed by atoms with Gasteiger partial charge in [-0.15, -0.1) is 11.8 Å². The number of benzene rings is 2. The lowest BCUT2D eigenvalue weighted by Crippen LogP contribution is -2.36. The number of amides is 2. The molecule has 0 aromatic heterocycles. The predicted octanol–water partition coefficient (Wildman–Crippen LogP) is 2.82. The van der Waals surface area contributed by atoms with E-state index < -0.39 is 5.25 Å². The van der Waals surface area contributed by atoms with E-state index in [1.165, 1.54) is 23.9 Å². The monoisotopic (exact) mass is 360 g/mol. The molecule has 1 atom stereocenters. The molecule has 1 heterocycles. The summed E-state index contributed by atoms with van der Waals surface area (Å²) in [6.07, 6.45) is 0.0881. The Morgan fingerprint density at radius 3 is 2.92 bits per heavy atom. The zero-order chi connectivity index (χ0) is 17.6. The van der Waals surface area contributed by atoms with E-state index in [1.807, 2.05) is 24.3 Å². The van der Waals surface area contributed by atoms with Crippen molar-refractivity contribution < 1.29 is 18.7 Å². The van der Waals surface area contributed by atoms with Crippen LogP contribution in [0.15, 0.2) is 53.4 Å². The van der Waals surface area contributed by atoms with Crippen LogP contribution in [-0.2, 0) is 9.59 Å². The molecule has 2 aromatic rings. The van der Waals surface area contributed by atoms with Gasteiger partial charge in [0.05, 0.1) is 17.5 Å². The molecule has 2 aromatic carbocycles. The molecule has 0 bridgehead atoms. The van der Waals surface area contributed by atoms with Gasteiger partial charge >= 0.3 is 0 Å². The highest BCUT2D eigenvalue weighted by Gasteiger charge is 2.28. The highest BCUT2D eigenvalue weighted by atomic mass is 32.2. The average Bonchev–Trinajstić information content (AvgIpc) is 2.59. The molecule has 130 valence electrons. The third-order valence-electron chi connectivity index (χ3n) is 3.57. The Hall–Kier alpha value is -2.54. The fraction of sp³-hybridized carbons (Fsp3) is 0.222. The quantitative estimate of drug-likeness (QED) is 0.778. The van der Waals surface area contributed by atoms with Gasteiger partial charge < -0.3 is 15.4 Å². The molecule has 0 saturated carbocycles. The lowest BCUT2D eigenvalue weighted by atomic mass is 10.2. The molecular formula is C18H17FN2O3S. The first-order valence-electron chi connectivity index (χ1n) is 7.83. The van der Waals surface area contributed by atoms with E-state index in [4.69, 9.17) is 4.74 Å². The fourth-order valence-corrected chi connectivity index (χ4v) is 3.49. The van der Waals surface area contributed by atoms with Crippen LogP contribution in [-0.4, -0.2) is 30.2 Å². The van der Waals surface area contributed by atoms with E-state index in [1.54, 1.807) is 12.1 Å². The molecule has 0 aliphatic carbocycles. The topological polar surface area (TPSA) is 67.4 Å². The maximum Gasteiger partial charge on any atom is 0.238 e. The molecule has 3 rings (SSSR count). The lowest BCUT2D eigenvalue weighted by molar-refractivity contribution is -0.124. The molecule has 0 saturated heterocycles. The summed E-state index contributed by atoms with van der Waals surface area (Å²) in [6, 6.07) is 13.3. The van der Waals surface area contributed by atoms with Crippen molar-refractivity contribution in [2.24, 2.45) is 0 Å². The number of thioether (sulfide) groups is 1. The fourth-order valence-electron chi connectivity index (χ4n) is 2.38. The maximum atomic E-state index is 13.0. The third kappa shape index (κ3) is 4.73. The van der Waals surface area contributed by atoms with Crippen molar-refractivity contribution >= 4 is 29.3 Å². The normalized spacial score (nSPS) is 15.9. The number of halogens is 1. The van der Waals surface area contributed by atoms with Gasteiger partial charge in [-0.3, -0.25) is 9.59 Å².